The van der Waals surface area contributed by atoms with Crippen molar-refractivity contribution < 1.29 is 9.59 Å². The molecule has 3 aliphatic rings. The summed E-state index contributed by atoms with van der Waals surface area (Å²) in [4.78, 5) is 29.3. The predicted molar refractivity (Wildman–Crippen MR) is 128 cm³/mol. The number of carbonyl (C=O) groups is 2. The highest BCUT2D eigenvalue weighted by Gasteiger charge is 2.35. The summed E-state index contributed by atoms with van der Waals surface area (Å²) in [7, 11) is 0. The van der Waals surface area contributed by atoms with E-state index in [1.54, 1.807) is 6.92 Å². The highest BCUT2D eigenvalue weighted by Crippen LogP contribution is 2.46. The predicted octanol–water partition coefficient (Wildman–Crippen LogP) is 5.35. The number of anilines is 1. The van der Waals surface area contributed by atoms with Crippen LogP contribution >= 0.6 is 0 Å². The number of benzene rings is 2. The van der Waals surface area contributed by atoms with E-state index >= 15 is 0 Å². The third-order valence-corrected chi connectivity index (χ3v) is 7.86. The van der Waals surface area contributed by atoms with Gasteiger partial charge in [0.2, 0.25) is 5.91 Å². The van der Waals surface area contributed by atoms with Crippen molar-refractivity contribution >= 4 is 17.4 Å². The van der Waals surface area contributed by atoms with Crippen LogP contribution in [0, 0.1) is 5.92 Å². The quantitative estimate of drug-likeness (QED) is 0.580. The third-order valence-electron chi connectivity index (χ3n) is 7.86. The maximum Gasteiger partial charge on any atom is 0.219 e. The Kier molecular flexibility index (Phi) is 6.03. The zero-order valence-corrected chi connectivity index (χ0v) is 19.2. The molecule has 4 nitrogen and oxygen atoms in total. The Balaban J connectivity index is 1.28. The summed E-state index contributed by atoms with van der Waals surface area (Å²) < 4.78 is 0. The number of amides is 1. The number of ketones is 1. The minimum absolute atomic E-state index is 0.174. The van der Waals surface area contributed by atoms with Crippen molar-refractivity contribution in [2.75, 3.05) is 24.5 Å². The summed E-state index contributed by atoms with van der Waals surface area (Å²) in [6, 6.07) is 15.0. The molecule has 32 heavy (non-hydrogen) atoms. The SMILES string of the molecule is CC(=O)N1CCC(CCC(=O)c2ccc3c4c2CCCC4CN3Cc2ccccc2)CC1. The summed E-state index contributed by atoms with van der Waals surface area (Å²) in [6.45, 7) is 5.35. The van der Waals surface area contributed by atoms with E-state index in [4.69, 9.17) is 0 Å². The molecule has 5 rings (SSSR count). The molecule has 0 aromatic heterocycles. The molecule has 168 valence electrons. The van der Waals surface area contributed by atoms with Crippen LogP contribution in [0.2, 0.25) is 0 Å². The molecule has 2 heterocycles. The average molecular weight is 431 g/mol. The molecule has 1 unspecified atom stereocenters. The summed E-state index contributed by atoms with van der Waals surface area (Å²) >= 11 is 0. The van der Waals surface area contributed by atoms with Gasteiger partial charge in [-0.05, 0) is 73.3 Å². The Bertz CT molecular complexity index is 992. The Labute approximate surface area is 191 Å². The molecule has 1 aliphatic carbocycles. The lowest BCUT2D eigenvalue weighted by atomic mass is 9.80. The number of hydrogen-bond donors (Lipinski definition) is 0. The van der Waals surface area contributed by atoms with Gasteiger partial charge in [-0.25, -0.2) is 0 Å². The van der Waals surface area contributed by atoms with Gasteiger partial charge in [-0.1, -0.05) is 30.3 Å². The Morgan fingerprint density at radius 1 is 1.00 bits per heavy atom. The van der Waals surface area contributed by atoms with Gasteiger partial charge in [0.15, 0.2) is 5.78 Å². The lowest BCUT2D eigenvalue weighted by molar-refractivity contribution is -0.130. The molecule has 2 aromatic rings. The molecule has 1 amide bonds. The monoisotopic (exact) mass is 430 g/mol. The van der Waals surface area contributed by atoms with Crippen LogP contribution in [0.15, 0.2) is 42.5 Å². The van der Waals surface area contributed by atoms with Crippen molar-refractivity contribution in [1.29, 1.82) is 0 Å². The number of rotatable bonds is 6. The van der Waals surface area contributed by atoms with Crippen LogP contribution in [0.1, 0.15) is 78.4 Å². The maximum atomic E-state index is 13.3. The number of carbonyl (C=O) groups excluding carboxylic acids is 2. The Morgan fingerprint density at radius 2 is 1.78 bits per heavy atom. The number of hydrogen-bond acceptors (Lipinski definition) is 3. The van der Waals surface area contributed by atoms with Gasteiger partial charge in [-0.3, -0.25) is 9.59 Å². The van der Waals surface area contributed by atoms with Gasteiger partial charge in [0.25, 0.3) is 0 Å². The van der Waals surface area contributed by atoms with Crippen LogP contribution in [0.4, 0.5) is 5.69 Å². The fourth-order valence-corrected chi connectivity index (χ4v) is 6.09. The molecule has 0 bridgehead atoms. The van der Waals surface area contributed by atoms with E-state index in [0.717, 1.165) is 57.4 Å². The molecule has 4 heteroatoms. The van der Waals surface area contributed by atoms with Gasteiger partial charge in [-0.2, -0.15) is 0 Å². The highest BCUT2D eigenvalue weighted by atomic mass is 16.2. The first-order valence-corrected chi connectivity index (χ1v) is 12.3. The van der Waals surface area contributed by atoms with E-state index in [1.165, 1.54) is 35.2 Å². The fraction of sp³-hybridized carbons (Fsp3) is 0.500. The van der Waals surface area contributed by atoms with Gasteiger partial charge < -0.3 is 9.80 Å². The van der Waals surface area contributed by atoms with E-state index in [-0.39, 0.29) is 5.91 Å². The maximum absolute atomic E-state index is 13.3. The lowest BCUT2D eigenvalue weighted by Crippen LogP contribution is -2.37. The largest absolute Gasteiger partial charge is 0.366 e. The summed E-state index contributed by atoms with van der Waals surface area (Å²) in [5.74, 6) is 1.63. The molecule has 0 saturated carbocycles. The van der Waals surface area contributed by atoms with E-state index in [1.807, 2.05) is 4.90 Å². The van der Waals surface area contributed by atoms with Gasteiger partial charge in [0, 0.05) is 56.7 Å². The van der Waals surface area contributed by atoms with Crippen LogP contribution in [-0.2, 0) is 17.8 Å². The number of piperidine rings is 1. The van der Waals surface area contributed by atoms with Crippen LogP contribution < -0.4 is 4.90 Å². The first kappa shape index (κ1) is 21.2. The van der Waals surface area contributed by atoms with Crippen molar-refractivity contribution in [3.63, 3.8) is 0 Å². The first-order valence-electron chi connectivity index (χ1n) is 12.3. The molecular weight excluding hydrogens is 396 g/mol. The molecule has 1 atom stereocenters. The average Bonchev–Trinajstić information content (AvgIpc) is 3.17. The van der Waals surface area contributed by atoms with E-state index in [9.17, 15) is 9.59 Å². The van der Waals surface area contributed by atoms with Crippen molar-refractivity contribution in [2.24, 2.45) is 5.92 Å². The second-order valence-corrected chi connectivity index (χ2v) is 9.89. The zero-order valence-electron chi connectivity index (χ0n) is 19.2. The zero-order chi connectivity index (χ0) is 22.1. The second kappa shape index (κ2) is 9.09. The van der Waals surface area contributed by atoms with Crippen LogP contribution in [0.5, 0.6) is 0 Å². The van der Waals surface area contributed by atoms with Gasteiger partial charge in [0.05, 0.1) is 0 Å². The van der Waals surface area contributed by atoms with Crippen molar-refractivity contribution in [2.45, 2.75) is 64.3 Å². The standard InChI is InChI=1S/C28H34N2O2/c1-20(31)29-16-14-21(15-17-29)10-13-27(32)24-11-12-26-28-23(8-5-9-25(24)28)19-30(26)18-22-6-3-2-4-7-22/h2-4,6-7,11-12,21,23H,5,8-10,13-19H2,1H3. The van der Waals surface area contributed by atoms with Gasteiger partial charge in [0.1, 0.15) is 0 Å². The fourth-order valence-electron chi connectivity index (χ4n) is 6.09. The molecule has 2 aliphatic heterocycles. The smallest absolute Gasteiger partial charge is 0.219 e. The number of likely N-dealkylation sites (tertiary alicyclic amines) is 1. The lowest BCUT2D eigenvalue weighted by Gasteiger charge is -2.31. The summed E-state index contributed by atoms with van der Waals surface area (Å²) in [6.07, 6.45) is 7.10. The molecular formula is C28H34N2O2. The van der Waals surface area contributed by atoms with Crippen molar-refractivity contribution in [1.82, 2.24) is 4.90 Å². The van der Waals surface area contributed by atoms with E-state index in [2.05, 4.69) is 47.4 Å². The van der Waals surface area contributed by atoms with Crippen LogP contribution in [-0.4, -0.2) is 36.2 Å². The molecule has 0 radical (unpaired) electrons. The summed E-state index contributed by atoms with van der Waals surface area (Å²) in [5, 5.41) is 0. The second-order valence-electron chi connectivity index (χ2n) is 9.89. The van der Waals surface area contributed by atoms with E-state index < -0.39 is 0 Å². The first-order chi connectivity index (χ1) is 15.6. The summed E-state index contributed by atoms with van der Waals surface area (Å²) in [5.41, 5.74) is 6.48. The highest BCUT2D eigenvalue weighted by molar-refractivity contribution is 5.98. The van der Waals surface area contributed by atoms with Gasteiger partial charge >= 0.3 is 0 Å². The minimum atomic E-state index is 0.174. The topological polar surface area (TPSA) is 40.6 Å². The molecule has 2 aromatic carbocycles. The van der Waals surface area contributed by atoms with Crippen molar-refractivity contribution in [3.8, 4) is 0 Å². The number of Topliss-reactive ketones (excluding diaryl/α,β-unsaturated/α-hetero) is 1. The Hall–Kier alpha value is -2.62. The molecule has 0 N–H and O–H groups in total. The molecule has 1 fully saturated rings. The van der Waals surface area contributed by atoms with Gasteiger partial charge in [-0.15, -0.1) is 0 Å². The normalized spacial score (nSPS) is 20.3. The minimum Gasteiger partial charge on any atom is -0.366 e. The van der Waals surface area contributed by atoms with Crippen molar-refractivity contribution in [3.05, 3.63) is 64.7 Å². The molecule has 0 spiro atoms. The Morgan fingerprint density at radius 3 is 2.53 bits per heavy atom. The van der Waals surface area contributed by atoms with Crippen LogP contribution in [0.25, 0.3) is 0 Å². The number of nitrogens with zero attached hydrogens (tertiary/aromatic N) is 2. The van der Waals surface area contributed by atoms with Crippen LogP contribution in [0.3, 0.4) is 0 Å². The third kappa shape index (κ3) is 4.20. The molecule has 1 saturated heterocycles. The van der Waals surface area contributed by atoms with E-state index in [0.29, 0.717) is 24.0 Å².